The maximum absolute atomic E-state index is 5.62. The summed E-state index contributed by atoms with van der Waals surface area (Å²) in [5.74, 6) is 1.03. The second kappa shape index (κ2) is 13.1. The van der Waals surface area contributed by atoms with Crippen LogP contribution in [0.5, 0.6) is 0 Å². The first-order valence-corrected chi connectivity index (χ1v) is 21.3. The SMILES string of the molecule is CC1(C)C2=Cc3c(c4ccccc4n3-c3nc(-c4cc(-c5ccccc5)cc(-c5ccccc5)c4)cc(-c4cccc5sc6ccccc6c45)n3)CC2c2ccccc21. The topological polar surface area (TPSA) is 30.7 Å². The summed E-state index contributed by atoms with van der Waals surface area (Å²) < 4.78 is 4.88. The highest BCUT2D eigenvalue weighted by molar-refractivity contribution is 7.25. The number of rotatable bonds is 5. The second-order valence-corrected chi connectivity index (χ2v) is 17.6. The molecule has 4 heteroatoms. The quantitative estimate of drug-likeness (QED) is 0.174. The van der Waals surface area contributed by atoms with Gasteiger partial charge < -0.3 is 0 Å². The number of fused-ring (bicyclic) bond motifs is 9. The molecule has 280 valence electrons. The van der Waals surface area contributed by atoms with Gasteiger partial charge in [-0.05, 0) is 93.9 Å². The molecule has 3 nitrogen and oxygen atoms in total. The van der Waals surface area contributed by atoms with E-state index in [1.807, 2.05) is 11.3 Å². The highest BCUT2D eigenvalue weighted by Crippen LogP contribution is 2.55. The van der Waals surface area contributed by atoms with Crippen molar-refractivity contribution in [3.05, 3.63) is 204 Å². The van der Waals surface area contributed by atoms with Crippen molar-refractivity contribution in [1.82, 2.24) is 14.5 Å². The van der Waals surface area contributed by atoms with Gasteiger partial charge in [-0.2, -0.15) is 0 Å². The Hall–Kier alpha value is -6.88. The van der Waals surface area contributed by atoms with Crippen LogP contribution in [0.4, 0.5) is 0 Å². The monoisotopic (exact) mass is 773 g/mol. The third kappa shape index (κ3) is 5.33. The van der Waals surface area contributed by atoms with Gasteiger partial charge in [0.05, 0.1) is 22.6 Å². The molecule has 3 heterocycles. The van der Waals surface area contributed by atoms with Crippen molar-refractivity contribution in [3.63, 3.8) is 0 Å². The molecule has 1 unspecified atom stereocenters. The van der Waals surface area contributed by atoms with E-state index in [-0.39, 0.29) is 5.41 Å². The fourth-order valence-electron chi connectivity index (χ4n) is 10.1. The molecule has 1 atom stereocenters. The molecule has 3 aromatic heterocycles. The molecule has 0 saturated carbocycles. The van der Waals surface area contributed by atoms with Crippen molar-refractivity contribution in [3.8, 4) is 50.7 Å². The van der Waals surface area contributed by atoms with Crippen LogP contribution >= 0.6 is 11.3 Å². The van der Waals surface area contributed by atoms with E-state index in [9.17, 15) is 0 Å². The number of thiophene rings is 1. The summed E-state index contributed by atoms with van der Waals surface area (Å²) in [5, 5.41) is 3.75. The zero-order valence-electron chi connectivity index (χ0n) is 32.9. The van der Waals surface area contributed by atoms with Gasteiger partial charge in [0.2, 0.25) is 5.95 Å². The molecule has 12 rings (SSSR count). The molecule has 10 aromatic rings. The Bertz CT molecular complexity index is 3270. The average molecular weight is 774 g/mol. The zero-order chi connectivity index (χ0) is 39.2. The van der Waals surface area contributed by atoms with E-state index in [4.69, 9.17) is 9.97 Å². The Kier molecular flexibility index (Phi) is 7.57. The number of benzene rings is 7. The average Bonchev–Trinajstić information content (AvgIpc) is 3.91. The molecule has 7 aromatic carbocycles. The van der Waals surface area contributed by atoms with E-state index in [1.54, 1.807) is 0 Å². The lowest BCUT2D eigenvalue weighted by Crippen LogP contribution is -2.20. The van der Waals surface area contributed by atoms with E-state index < -0.39 is 0 Å². The van der Waals surface area contributed by atoms with Crippen LogP contribution < -0.4 is 0 Å². The second-order valence-electron chi connectivity index (χ2n) is 16.5. The van der Waals surface area contributed by atoms with E-state index in [1.165, 1.54) is 64.6 Å². The maximum atomic E-state index is 5.62. The molecule has 0 saturated heterocycles. The number of nitrogens with zero attached hydrogens (tertiary/aromatic N) is 3. The lowest BCUT2D eigenvalue weighted by Gasteiger charge is -2.28. The van der Waals surface area contributed by atoms with E-state index in [0.29, 0.717) is 11.9 Å². The summed E-state index contributed by atoms with van der Waals surface area (Å²) in [4.78, 5) is 11.2. The van der Waals surface area contributed by atoms with Crippen molar-refractivity contribution in [2.75, 3.05) is 0 Å². The Labute approximate surface area is 347 Å². The Morgan fingerprint density at radius 3 is 1.97 bits per heavy atom. The van der Waals surface area contributed by atoms with Gasteiger partial charge in [-0.3, -0.25) is 4.57 Å². The van der Waals surface area contributed by atoms with Crippen molar-refractivity contribution >= 4 is 48.5 Å². The maximum Gasteiger partial charge on any atom is 0.235 e. The summed E-state index contributed by atoms with van der Waals surface area (Å²) in [6.45, 7) is 4.78. The minimum absolute atomic E-state index is 0.0878. The first-order chi connectivity index (χ1) is 29.0. The number of hydrogen-bond donors (Lipinski definition) is 0. The van der Waals surface area contributed by atoms with Gasteiger partial charge in [0, 0.05) is 48.0 Å². The van der Waals surface area contributed by atoms with E-state index >= 15 is 0 Å². The lowest BCUT2D eigenvalue weighted by atomic mass is 9.76. The third-order valence-electron chi connectivity index (χ3n) is 12.9. The largest absolute Gasteiger partial charge is 0.278 e. The van der Waals surface area contributed by atoms with Crippen molar-refractivity contribution < 1.29 is 0 Å². The van der Waals surface area contributed by atoms with Crippen LogP contribution in [0.2, 0.25) is 0 Å². The molecule has 0 radical (unpaired) electrons. The zero-order valence-corrected chi connectivity index (χ0v) is 33.7. The van der Waals surface area contributed by atoms with Crippen LogP contribution in [-0.4, -0.2) is 14.5 Å². The predicted molar refractivity (Wildman–Crippen MR) is 247 cm³/mol. The van der Waals surface area contributed by atoms with E-state index in [2.05, 4.69) is 200 Å². The minimum atomic E-state index is -0.0878. The molecule has 2 aliphatic rings. The van der Waals surface area contributed by atoms with Crippen LogP contribution in [0.25, 0.3) is 87.9 Å². The number of para-hydroxylation sites is 1. The van der Waals surface area contributed by atoms with Gasteiger partial charge in [-0.25, -0.2) is 9.97 Å². The molecular formula is C55H39N3S. The standard InChI is InChI=1S/C55H39N3S/c1-55(2)45-24-12-9-20-39(45)43-31-44-40-21-10-13-25-49(40)58(50(44)32-46(43)55)54-56-47(33-48(57-54)41-23-15-27-52-53(41)42-22-11-14-26-51(42)59-52)38-29-36(34-16-5-3-6-17-34)28-37(30-38)35-18-7-4-8-19-35/h3-30,32-33,43H,31H2,1-2H3. The van der Waals surface area contributed by atoms with E-state index in [0.717, 1.165) is 45.6 Å². The molecule has 59 heavy (non-hydrogen) atoms. The molecule has 0 bridgehead atoms. The van der Waals surface area contributed by atoms with Gasteiger partial charge in [0.15, 0.2) is 0 Å². The summed E-state index contributed by atoms with van der Waals surface area (Å²) in [6.07, 6.45) is 3.43. The molecule has 0 aliphatic heterocycles. The lowest BCUT2D eigenvalue weighted by molar-refractivity contribution is 0.613. The van der Waals surface area contributed by atoms with Crippen LogP contribution in [0.1, 0.15) is 42.1 Å². The fourth-order valence-corrected chi connectivity index (χ4v) is 11.2. The Balaban J connectivity index is 1.15. The van der Waals surface area contributed by atoms with Gasteiger partial charge >= 0.3 is 0 Å². The third-order valence-corrected chi connectivity index (χ3v) is 14.0. The van der Waals surface area contributed by atoms with Crippen LogP contribution in [0.15, 0.2) is 181 Å². The summed E-state index contributed by atoms with van der Waals surface area (Å²) >= 11 is 1.84. The smallest absolute Gasteiger partial charge is 0.235 e. The molecule has 0 fully saturated rings. The van der Waals surface area contributed by atoms with Crippen LogP contribution in [0.3, 0.4) is 0 Å². The number of aromatic nitrogens is 3. The molecule has 0 amide bonds. The number of allylic oxidation sites excluding steroid dienone is 1. The Morgan fingerprint density at radius 2 is 1.19 bits per heavy atom. The van der Waals surface area contributed by atoms with Crippen LogP contribution in [0, 0.1) is 0 Å². The van der Waals surface area contributed by atoms with Crippen molar-refractivity contribution in [2.24, 2.45) is 0 Å². The number of hydrogen-bond acceptors (Lipinski definition) is 3. The van der Waals surface area contributed by atoms with Crippen molar-refractivity contribution in [2.45, 2.75) is 31.6 Å². The van der Waals surface area contributed by atoms with Gasteiger partial charge in [0.25, 0.3) is 0 Å². The fraction of sp³-hybridized carbons (Fsp3) is 0.0909. The minimum Gasteiger partial charge on any atom is -0.278 e. The normalized spacial score (nSPS) is 15.3. The summed E-state index contributed by atoms with van der Waals surface area (Å²) in [6, 6.07) is 63.8. The highest BCUT2D eigenvalue weighted by Gasteiger charge is 2.44. The highest BCUT2D eigenvalue weighted by atomic mass is 32.1. The van der Waals surface area contributed by atoms with Crippen LogP contribution in [-0.2, 0) is 11.8 Å². The molecule has 0 spiro atoms. The van der Waals surface area contributed by atoms with Gasteiger partial charge in [-0.15, -0.1) is 11.3 Å². The summed E-state index contributed by atoms with van der Waals surface area (Å²) in [7, 11) is 0. The summed E-state index contributed by atoms with van der Waals surface area (Å²) in [5.41, 5.74) is 16.5. The first kappa shape index (κ1) is 34.2. The first-order valence-electron chi connectivity index (χ1n) is 20.5. The molecule has 0 N–H and O–H groups in total. The predicted octanol–water partition coefficient (Wildman–Crippen LogP) is 14.5. The van der Waals surface area contributed by atoms with Gasteiger partial charge in [-0.1, -0.05) is 153 Å². The Morgan fingerprint density at radius 1 is 0.559 bits per heavy atom. The van der Waals surface area contributed by atoms with Gasteiger partial charge in [0.1, 0.15) is 0 Å². The van der Waals surface area contributed by atoms with Crippen molar-refractivity contribution in [1.29, 1.82) is 0 Å². The molecule has 2 aliphatic carbocycles. The molecular weight excluding hydrogens is 735 g/mol.